The number of anilines is 2. The van der Waals surface area contributed by atoms with Crippen LogP contribution in [0.2, 0.25) is 5.02 Å². The third-order valence-corrected chi connectivity index (χ3v) is 7.87. The maximum atomic E-state index is 14.6. The van der Waals surface area contributed by atoms with Gasteiger partial charge in [0.15, 0.2) is 0 Å². The quantitative estimate of drug-likeness (QED) is 0.354. The fourth-order valence-electron chi connectivity index (χ4n) is 5.21. The predicted octanol–water partition coefficient (Wildman–Crippen LogP) is 6.10. The summed E-state index contributed by atoms with van der Waals surface area (Å²) in [6, 6.07) is 9.38. The molecule has 1 aromatic heterocycles. The summed E-state index contributed by atoms with van der Waals surface area (Å²) in [6.45, 7) is 2.21. The lowest BCUT2D eigenvalue weighted by Crippen LogP contribution is -2.38. The van der Waals surface area contributed by atoms with Gasteiger partial charge in [-0.15, -0.1) is 0 Å². The van der Waals surface area contributed by atoms with Crippen molar-refractivity contribution in [3.63, 3.8) is 0 Å². The number of benzene rings is 2. The van der Waals surface area contributed by atoms with Gasteiger partial charge in [-0.05, 0) is 49.1 Å². The normalized spacial score (nSPS) is 19.6. The minimum Gasteiger partial charge on any atom is -0.465 e. The predicted molar refractivity (Wildman–Crippen MR) is 151 cm³/mol. The molecule has 2 bridgehead atoms. The maximum absolute atomic E-state index is 14.6. The zero-order valence-electron chi connectivity index (χ0n) is 22.1. The zero-order valence-corrected chi connectivity index (χ0v) is 22.8. The van der Waals surface area contributed by atoms with Crippen LogP contribution in [0.5, 0.6) is 0 Å². The number of rotatable bonds is 3. The Balaban J connectivity index is 1.50. The highest BCUT2D eigenvalue weighted by Crippen LogP contribution is 2.37. The van der Waals surface area contributed by atoms with E-state index in [2.05, 4.69) is 15.3 Å². The molecule has 0 saturated heterocycles. The number of hydrogen-bond acceptors (Lipinski definition) is 4. The first-order valence-corrected chi connectivity index (χ1v) is 13.4. The summed E-state index contributed by atoms with van der Waals surface area (Å²) in [5, 5.41) is 12.4. The van der Waals surface area contributed by atoms with Crippen molar-refractivity contribution >= 4 is 46.5 Å². The number of aromatic nitrogens is 2. The molecule has 3 aromatic rings. The lowest BCUT2D eigenvalue weighted by atomic mass is 9.95. The number of imidazole rings is 1. The van der Waals surface area contributed by atoms with E-state index in [1.807, 2.05) is 6.92 Å². The van der Waals surface area contributed by atoms with Gasteiger partial charge in [0.2, 0.25) is 11.8 Å². The molecule has 2 aromatic carbocycles. The Morgan fingerprint density at radius 2 is 2.00 bits per heavy atom. The van der Waals surface area contributed by atoms with Crippen molar-refractivity contribution in [2.24, 2.45) is 5.92 Å². The van der Waals surface area contributed by atoms with Gasteiger partial charge < -0.3 is 20.3 Å². The van der Waals surface area contributed by atoms with Gasteiger partial charge in [-0.1, -0.05) is 37.1 Å². The zero-order chi connectivity index (χ0) is 28.6. The van der Waals surface area contributed by atoms with Crippen LogP contribution in [0.25, 0.3) is 16.8 Å². The van der Waals surface area contributed by atoms with Gasteiger partial charge in [0.25, 0.3) is 0 Å². The summed E-state index contributed by atoms with van der Waals surface area (Å²) < 4.78 is 14.6. The van der Waals surface area contributed by atoms with Crippen LogP contribution in [0, 0.1) is 11.7 Å². The summed E-state index contributed by atoms with van der Waals surface area (Å²) in [6.07, 6.45) is 4.26. The molecule has 11 heteroatoms. The van der Waals surface area contributed by atoms with Crippen LogP contribution >= 0.6 is 11.6 Å². The number of fused-ring (bicyclic) bond motifs is 4. The number of nitrogens with zero attached hydrogens (tertiary/aromatic N) is 3. The SMILES string of the molecule is C[C@@H]1CCC[C@H](N2CCC(c3cccc(Cl)c3F)=CC2=O)c2ncc([nH]2)-c2ccc(N(C)C(=O)O)cc2NC1=O. The summed E-state index contributed by atoms with van der Waals surface area (Å²) >= 11 is 5.96. The van der Waals surface area contributed by atoms with Gasteiger partial charge >= 0.3 is 6.09 Å². The second-order valence-electron chi connectivity index (χ2n) is 10.1. The highest BCUT2D eigenvalue weighted by molar-refractivity contribution is 6.31. The third kappa shape index (κ3) is 5.31. The first-order valence-electron chi connectivity index (χ1n) is 13.1. The number of hydrogen-bond donors (Lipinski definition) is 3. The third-order valence-electron chi connectivity index (χ3n) is 7.58. The van der Waals surface area contributed by atoms with E-state index in [9.17, 15) is 23.9 Å². The summed E-state index contributed by atoms with van der Waals surface area (Å²) in [4.78, 5) is 48.7. The molecular weight excluding hydrogens is 537 g/mol. The molecule has 0 aliphatic carbocycles. The molecule has 5 rings (SSSR count). The monoisotopic (exact) mass is 565 g/mol. The molecule has 0 saturated carbocycles. The number of carboxylic acid groups (broad SMARTS) is 1. The Hall–Kier alpha value is -4.18. The van der Waals surface area contributed by atoms with Gasteiger partial charge in [0, 0.05) is 42.4 Å². The topological polar surface area (TPSA) is 119 Å². The van der Waals surface area contributed by atoms with Crippen molar-refractivity contribution in [3.05, 3.63) is 70.9 Å². The molecule has 208 valence electrons. The molecule has 2 atom stereocenters. The van der Waals surface area contributed by atoms with Crippen LogP contribution in [-0.2, 0) is 9.59 Å². The van der Waals surface area contributed by atoms with Gasteiger partial charge in [0.05, 0.1) is 28.6 Å². The van der Waals surface area contributed by atoms with Crippen molar-refractivity contribution in [2.45, 2.75) is 38.6 Å². The number of halogens is 2. The number of amides is 3. The molecule has 40 heavy (non-hydrogen) atoms. The van der Waals surface area contributed by atoms with Crippen LogP contribution in [0.3, 0.4) is 0 Å². The van der Waals surface area contributed by atoms with Crippen molar-refractivity contribution in [1.29, 1.82) is 0 Å². The minimum absolute atomic E-state index is 0.0101. The molecule has 0 fully saturated rings. The van der Waals surface area contributed by atoms with Crippen LogP contribution < -0.4 is 10.2 Å². The molecule has 3 amide bonds. The molecule has 3 heterocycles. The average molecular weight is 566 g/mol. The Morgan fingerprint density at radius 1 is 1.20 bits per heavy atom. The van der Waals surface area contributed by atoms with Crippen molar-refractivity contribution in [1.82, 2.24) is 14.9 Å². The molecule has 0 unspecified atom stereocenters. The number of nitrogens with one attached hydrogen (secondary N) is 2. The molecule has 2 aliphatic rings. The summed E-state index contributed by atoms with van der Waals surface area (Å²) in [7, 11) is 1.43. The van der Waals surface area contributed by atoms with E-state index in [-0.39, 0.29) is 28.8 Å². The van der Waals surface area contributed by atoms with E-state index in [0.29, 0.717) is 71.8 Å². The van der Waals surface area contributed by atoms with Crippen LogP contribution in [0.1, 0.15) is 50.0 Å². The summed E-state index contributed by atoms with van der Waals surface area (Å²) in [5.41, 5.74) is 3.04. The average Bonchev–Trinajstić information content (AvgIpc) is 3.41. The van der Waals surface area contributed by atoms with E-state index < -0.39 is 11.9 Å². The summed E-state index contributed by atoms with van der Waals surface area (Å²) in [5.74, 6) is -0.681. The Labute approximate surface area is 235 Å². The van der Waals surface area contributed by atoms with Crippen molar-refractivity contribution in [2.75, 3.05) is 23.8 Å². The fraction of sp³-hybridized carbons (Fsp3) is 0.310. The van der Waals surface area contributed by atoms with E-state index in [0.717, 1.165) is 4.90 Å². The molecule has 2 aliphatic heterocycles. The van der Waals surface area contributed by atoms with E-state index in [1.54, 1.807) is 41.4 Å². The lowest BCUT2D eigenvalue weighted by molar-refractivity contribution is -0.129. The largest absolute Gasteiger partial charge is 0.465 e. The lowest BCUT2D eigenvalue weighted by Gasteiger charge is -2.33. The van der Waals surface area contributed by atoms with Crippen LogP contribution in [0.15, 0.2) is 48.7 Å². The van der Waals surface area contributed by atoms with Gasteiger partial charge in [-0.3, -0.25) is 14.5 Å². The number of H-pyrrole nitrogens is 1. The standard InChI is InChI=1S/C29H29ClFN5O4/c1-16-5-3-8-24(36-12-11-17(13-25(36)37)19-6-4-7-21(30)26(19)31)27-32-15-23(33-27)20-10-9-18(35(2)29(39)40)14-22(20)34-28(16)38/h4,6-7,9-10,13-16,24H,3,5,8,11-12H2,1-2H3,(H,32,33)(H,34,38)(H,39,40)/t16-,24+/m1/s1. The van der Waals surface area contributed by atoms with Gasteiger partial charge in [-0.25, -0.2) is 14.2 Å². The maximum Gasteiger partial charge on any atom is 0.411 e. The van der Waals surface area contributed by atoms with E-state index in [4.69, 9.17) is 11.6 Å². The highest BCUT2D eigenvalue weighted by atomic mass is 35.5. The number of carbonyl (C=O) groups excluding carboxylic acids is 2. The van der Waals surface area contributed by atoms with Gasteiger partial charge in [0.1, 0.15) is 11.6 Å². The Kier molecular flexibility index (Phi) is 7.62. The molecule has 9 nitrogen and oxygen atoms in total. The van der Waals surface area contributed by atoms with Crippen LogP contribution in [-0.4, -0.2) is 51.5 Å². The minimum atomic E-state index is -1.12. The Bertz CT molecular complexity index is 1520. The Morgan fingerprint density at radius 3 is 2.75 bits per heavy atom. The first-order chi connectivity index (χ1) is 19.1. The van der Waals surface area contributed by atoms with E-state index >= 15 is 0 Å². The second kappa shape index (κ2) is 11.1. The van der Waals surface area contributed by atoms with Gasteiger partial charge in [-0.2, -0.15) is 0 Å². The molecule has 0 spiro atoms. The highest BCUT2D eigenvalue weighted by Gasteiger charge is 2.31. The van der Waals surface area contributed by atoms with Crippen molar-refractivity contribution in [3.8, 4) is 11.3 Å². The fourth-order valence-corrected chi connectivity index (χ4v) is 5.38. The van der Waals surface area contributed by atoms with E-state index in [1.165, 1.54) is 19.2 Å². The number of carbonyl (C=O) groups is 3. The van der Waals surface area contributed by atoms with Crippen LogP contribution in [0.4, 0.5) is 20.6 Å². The number of aromatic amines is 1. The second-order valence-corrected chi connectivity index (χ2v) is 10.6. The molecule has 3 N–H and O–H groups in total. The molecule has 0 radical (unpaired) electrons. The smallest absolute Gasteiger partial charge is 0.411 e. The first kappa shape index (κ1) is 27.4. The molecular formula is C29H29ClFN5O4. The van der Waals surface area contributed by atoms with Crippen molar-refractivity contribution < 1.29 is 23.9 Å².